The fourth-order valence-corrected chi connectivity index (χ4v) is 3.42. The predicted molar refractivity (Wildman–Crippen MR) is 76.0 cm³/mol. The molecule has 2 rings (SSSR count). The molecule has 1 heterocycles. The van der Waals surface area contributed by atoms with Gasteiger partial charge >= 0.3 is 0 Å². The second-order valence-corrected chi connectivity index (χ2v) is 6.23. The van der Waals surface area contributed by atoms with E-state index in [1.807, 2.05) is 0 Å². The summed E-state index contributed by atoms with van der Waals surface area (Å²) in [5, 5.41) is 6.56. The maximum Gasteiger partial charge on any atom is 0.227 e. The molecular weight excluding hydrogens is 240 g/mol. The lowest BCUT2D eigenvalue weighted by Crippen LogP contribution is -2.55. The Bertz CT molecular complexity index is 296. The molecule has 1 aliphatic heterocycles. The maximum absolute atomic E-state index is 12.6. The van der Waals surface area contributed by atoms with Crippen LogP contribution < -0.4 is 10.6 Å². The average Bonchev–Trinajstić information content (AvgIpc) is 2.39. The molecule has 0 aromatic carbocycles. The molecule has 2 N–H and O–H groups in total. The second-order valence-electron chi connectivity index (χ2n) is 6.23. The van der Waals surface area contributed by atoms with Gasteiger partial charge in [0.1, 0.15) is 0 Å². The summed E-state index contributed by atoms with van der Waals surface area (Å²) < 4.78 is 5.57. The summed E-state index contributed by atoms with van der Waals surface area (Å²) in [5.41, 5.74) is -0.267. The summed E-state index contributed by atoms with van der Waals surface area (Å²) in [6, 6.07) is 0. The first-order chi connectivity index (χ1) is 9.16. The van der Waals surface area contributed by atoms with E-state index in [0.717, 1.165) is 51.6 Å². The van der Waals surface area contributed by atoms with E-state index in [2.05, 4.69) is 17.6 Å². The SMILES string of the molecule is CCCC1(C(=O)NCC2(OC)CCC2)CCCNC1. The van der Waals surface area contributed by atoms with Crippen molar-refractivity contribution in [2.75, 3.05) is 26.7 Å². The minimum absolute atomic E-state index is 0.0782. The Morgan fingerprint density at radius 3 is 2.58 bits per heavy atom. The molecule has 1 amide bonds. The van der Waals surface area contributed by atoms with Gasteiger partial charge in [-0.05, 0) is 45.1 Å². The normalized spacial score (nSPS) is 29.6. The van der Waals surface area contributed by atoms with Gasteiger partial charge in [0.25, 0.3) is 0 Å². The zero-order valence-corrected chi connectivity index (χ0v) is 12.4. The van der Waals surface area contributed by atoms with Crippen molar-refractivity contribution in [3.8, 4) is 0 Å². The molecule has 0 radical (unpaired) electrons. The summed E-state index contributed by atoms with van der Waals surface area (Å²) in [5.74, 6) is 0.227. The lowest BCUT2D eigenvalue weighted by Gasteiger charge is -2.42. The third-order valence-electron chi connectivity index (χ3n) is 4.95. The van der Waals surface area contributed by atoms with Gasteiger partial charge in [-0.3, -0.25) is 4.79 Å². The molecule has 110 valence electrons. The summed E-state index contributed by atoms with van der Waals surface area (Å²) in [6.45, 7) is 4.70. The Kier molecular flexibility index (Phi) is 4.85. The van der Waals surface area contributed by atoms with E-state index >= 15 is 0 Å². The minimum atomic E-state index is -0.189. The number of hydrogen-bond acceptors (Lipinski definition) is 3. The molecule has 1 aliphatic carbocycles. The van der Waals surface area contributed by atoms with Gasteiger partial charge in [-0.15, -0.1) is 0 Å². The Hall–Kier alpha value is -0.610. The maximum atomic E-state index is 12.6. The summed E-state index contributed by atoms with van der Waals surface area (Å²) in [4.78, 5) is 12.6. The molecule has 0 spiro atoms. The van der Waals surface area contributed by atoms with Gasteiger partial charge in [0.2, 0.25) is 5.91 Å². The van der Waals surface area contributed by atoms with Crippen LogP contribution in [0, 0.1) is 5.41 Å². The predicted octanol–water partition coefficient (Wildman–Crippen LogP) is 1.84. The fourth-order valence-electron chi connectivity index (χ4n) is 3.42. The van der Waals surface area contributed by atoms with Crippen LogP contribution in [0.5, 0.6) is 0 Å². The van der Waals surface area contributed by atoms with E-state index in [1.54, 1.807) is 7.11 Å². The van der Waals surface area contributed by atoms with Crippen LogP contribution in [0.25, 0.3) is 0 Å². The highest BCUT2D eigenvalue weighted by Crippen LogP contribution is 2.36. The van der Waals surface area contributed by atoms with E-state index < -0.39 is 0 Å². The number of amides is 1. The van der Waals surface area contributed by atoms with Crippen molar-refractivity contribution in [3.63, 3.8) is 0 Å². The summed E-state index contributed by atoms with van der Waals surface area (Å²) in [6.07, 6.45) is 7.51. The zero-order chi connectivity index (χ0) is 13.8. The van der Waals surface area contributed by atoms with Crippen molar-refractivity contribution >= 4 is 5.91 Å². The third kappa shape index (κ3) is 3.11. The molecule has 4 nitrogen and oxygen atoms in total. The smallest absolute Gasteiger partial charge is 0.227 e. The van der Waals surface area contributed by atoms with E-state index in [-0.39, 0.29) is 16.9 Å². The van der Waals surface area contributed by atoms with Crippen LogP contribution in [-0.4, -0.2) is 38.3 Å². The quantitative estimate of drug-likeness (QED) is 0.773. The summed E-state index contributed by atoms with van der Waals surface area (Å²) >= 11 is 0. The molecular formula is C15H28N2O2. The molecule has 1 saturated heterocycles. The van der Waals surface area contributed by atoms with Gasteiger partial charge in [0.05, 0.1) is 11.0 Å². The topological polar surface area (TPSA) is 50.4 Å². The number of methoxy groups -OCH3 is 1. The van der Waals surface area contributed by atoms with Crippen molar-refractivity contribution in [2.45, 2.75) is 57.5 Å². The van der Waals surface area contributed by atoms with E-state index in [4.69, 9.17) is 4.74 Å². The first-order valence-electron chi connectivity index (χ1n) is 7.71. The van der Waals surface area contributed by atoms with Crippen molar-refractivity contribution < 1.29 is 9.53 Å². The molecule has 0 bridgehead atoms. The average molecular weight is 268 g/mol. The molecule has 1 saturated carbocycles. The molecule has 4 heteroatoms. The van der Waals surface area contributed by atoms with Gasteiger partial charge in [-0.1, -0.05) is 13.3 Å². The van der Waals surface area contributed by atoms with Crippen LogP contribution in [0.2, 0.25) is 0 Å². The zero-order valence-electron chi connectivity index (χ0n) is 12.4. The molecule has 1 unspecified atom stereocenters. The number of carbonyl (C=O) groups is 1. The van der Waals surface area contributed by atoms with Crippen LogP contribution >= 0.6 is 0 Å². The third-order valence-corrected chi connectivity index (χ3v) is 4.95. The van der Waals surface area contributed by atoms with E-state index in [1.165, 1.54) is 6.42 Å². The number of carbonyl (C=O) groups excluding carboxylic acids is 1. The molecule has 0 aromatic heterocycles. The van der Waals surface area contributed by atoms with Gasteiger partial charge < -0.3 is 15.4 Å². The van der Waals surface area contributed by atoms with Crippen molar-refractivity contribution in [3.05, 3.63) is 0 Å². The number of hydrogen-bond donors (Lipinski definition) is 2. The Morgan fingerprint density at radius 2 is 2.11 bits per heavy atom. The Morgan fingerprint density at radius 1 is 1.32 bits per heavy atom. The van der Waals surface area contributed by atoms with Crippen molar-refractivity contribution in [2.24, 2.45) is 5.41 Å². The highest BCUT2D eigenvalue weighted by molar-refractivity contribution is 5.83. The monoisotopic (exact) mass is 268 g/mol. The lowest BCUT2D eigenvalue weighted by atomic mass is 9.75. The standard InChI is InChI=1S/C15H28N2O2/c1-3-6-14(7-5-10-16-11-14)13(18)17-12-15(19-2)8-4-9-15/h16H,3-12H2,1-2H3,(H,17,18). The van der Waals surface area contributed by atoms with Crippen LogP contribution in [0.15, 0.2) is 0 Å². The van der Waals surface area contributed by atoms with Crippen LogP contribution in [-0.2, 0) is 9.53 Å². The molecule has 1 atom stereocenters. The van der Waals surface area contributed by atoms with Crippen molar-refractivity contribution in [1.82, 2.24) is 10.6 Å². The van der Waals surface area contributed by atoms with Crippen LogP contribution in [0.1, 0.15) is 51.9 Å². The molecule has 19 heavy (non-hydrogen) atoms. The van der Waals surface area contributed by atoms with Crippen LogP contribution in [0.4, 0.5) is 0 Å². The molecule has 2 fully saturated rings. The number of nitrogens with one attached hydrogen (secondary N) is 2. The van der Waals surface area contributed by atoms with E-state index in [9.17, 15) is 4.79 Å². The Labute approximate surface area is 116 Å². The number of ether oxygens (including phenoxy) is 1. The number of rotatable bonds is 6. The van der Waals surface area contributed by atoms with Gasteiger partial charge in [0, 0.05) is 20.2 Å². The van der Waals surface area contributed by atoms with E-state index in [0.29, 0.717) is 6.54 Å². The van der Waals surface area contributed by atoms with Gasteiger partial charge in [-0.2, -0.15) is 0 Å². The molecule has 2 aliphatic rings. The van der Waals surface area contributed by atoms with Gasteiger partial charge in [-0.25, -0.2) is 0 Å². The van der Waals surface area contributed by atoms with Crippen LogP contribution in [0.3, 0.4) is 0 Å². The number of piperidine rings is 1. The first kappa shape index (κ1) is 14.8. The Balaban J connectivity index is 1.92. The minimum Gasteiger partial charge on any atom is -0.376 e. The highest BCUT2D eigenvalue weighted by Gasteiger charge is 2.42. The fraction of sp³-hybridized carbons (Fsp3) is 0.933. The van der Waals surface area contributed by atoms with Crippen molar-refractivity contribution in [1.29, 1.82) is 0 Å². The highest BCUT2D eigenvalue weighted by atomic mass is 16.5. The van der Waals surface area contributed by atoms with Gasteiger partial charge in [0.15, 0.2) is 0 Å². The largest absolute Gasteiger partial charge is 0.376 e. The summed E-state index contributed by atoms with van der Waals surface area (Å²) in [7, 11) is 1.76. The second kappa shape index (κ2) is 6.23. The lowest BCUT2D eigenvalue weighted by molar-refractivity contribution is -0.136. The molecule has 0 aromatic rings. The first-order valence-corrected chi connectivity index (χ1v) is 7.71.